The highest BCUT2D eigenvalue weighted by molar-refractivity contribution is 6.03. The summed E-state index contributed by atoms with van der Waals surface area (Å²) in [7, 11) is 0. The maximum atomic E-state index is 12.4. The molecular formula is C21H25N3O. The molecule has 4 heteroatoms. The first kappa shape index (κ1) is 17.2. The van der Waals surface area contributed by atoms with Crippen LogP contribution >= 0.6 is 0 Å². The summed E-state index contributed by atoms with van der Waals surface area (Å²) >= 11 is 0. The van der Waals surface area contributed by atoms with Crippen molar-refractivity contribution in [2.24, 2.45) is 5.10 Å². The number of carbonyl (C=O) groups excluding carboxylic acids is 1. The van der Waals surface area contributed by atoms with E-state index < -0.39 is 0 Å². The molecule has 0 bridgehead atoms. The van der Waals surface area contributed by atoms with Crippen molar-refractivity contribution in [3.63, 3.8) is 0 Å². The molecule has 0 aliphatic heterocycles. The van der Waals surface area contributed by atoms with Crippen LogP contribution in [0.5, 0.6) is 0 Å². The SMILES string of the molecule is Cc1cccc(C)c1NC(C)C(=O)NN=C1CCCc2ccccc21. The molecule has 2 aromatic carbocycles. The Morgan fingerprint density at radius 1 is 1.04 bits per heavy atom. The maximum absolute atomic E-state index is 12.4. The van der Waals surface area contributed by atoms with Gasteiger partial charge in [-0.3, -0.25) is 4.79 Å². The Morgan fingerprint density at radius 3 is 2.52 bits per heavy atom. The highest BCUT2D eigenvalue weighted by Gasteiger charge is 2.17. The molecule has 1 amide bonds. The van der Waals surface area contributed by atoms with Crippen LogP contribution in [0.15, 0.2) is 47.6 Å². The third-order valence-corrected chi connectivity index (χ3v) is 4.72. The molecule has 0 saturated carbocycles. The van der Waals surface area contributed by atoms with Crippen LogP contribution in [0, 0.1) is 13.8 Å². The van der Waals surface area contributed by atoms with Gasteiger partial charge in [-0.1, -0.05) is 42.5 Å². The summed E-state index contributed by atoms with van der Waals surface area (Å²) in [6, 6.07) is 14.0. The zero-order valence-electron chi connectivity index (χ0n) is 15.1. The molecule has 4 nitrogen and oxygen atoms in total. The molecule has 3 rings (SSSR count). The number of carbonyl (C=O) groups is 1. The van der Waals surface area contributed by atoms with Crippen LogP contribution in [0.1, 0.15) is 42.0 Å². The molecule has 0 heterocycles. The van der Waals surface area contributed by atoms with Crippen molar-refractivity contribution in [2.45, 2.75) is 46.1 Å². The van der Waals surface area contributed by atoms with Gasteiger partial charge in [-0.2, -0.15) is 5.10 Å². The lowest BCUT2D eigenvalue weighted by Crippen LogP contribution is -2.36. The number of aryl methyl sites for hydroxylation is 3. The second-order valence-corrected chi connectivity index (χ2v) is 6.68. The molecular weight excluding hydrogens is 310 g/mol. The fourth-order valence-corrected chi connectivity index (χ4v) is 3.26. The van der Waals surface area contributed by atoms with Crippen LogP contribution in [0.4, 0.5) is 5.69 Å². The summed E-state index contributed by atoms with van der Waals surface area (Å²) in [6.07, 6.45) is 3.05. The number of para-hydroxylation sites is 1. The lowest BCUT2D eigenvalue weighted by molar-refractivity contribution is -0.121. The lowest BCUT2D eigenvalue weighted by Gasteiger charge is -2.19. The van der Waals surface area contributed by atoms with Gasteiger partial charge < -0.3 is 5.32 Å². The molecule has 0 aromatic heterocycles. The number of hydrogen-bond donors (Lipinski definition) is 2. The van der Waals surface area contributed by atoms with E-state index in [4.69, 9.17) is 0 Å². The van der Waals surface area contributed by atoms with Gasteiger partial charge in [0.05, 0.1) is 5.71 Å². The average Bonchev–Trinajstić information content (AvgIpc) is 2.62. The molecule has 1 aliphatic rings. The number of hydrazone groups is 1. The number of amides is 1. The van der Waals surface area contributed by atoms with Crippen LogP contribution < -0.4 is 10.7 Å². The molecule has 25 heavy (non-hydrogen) atoms. The monoisotopic (exact) mass is 335 g/mol. The van der Waals surface area contributed by atoms with Gasteiger partial charge in [0.2, 0.25) is 0 Å². The summed E-state index contributed by atoms with van der Waals surface area (Å²) in [5.41, 5.74) is 9.45. The van der Waals surface area contributed by atoms with E-state index in [1.165, 1.54) is 5.56 Å². The van der Waals surface area contributed by atoms with E-state index >= 15 is 0 Å². The van der Waals surface area contributed by atoms with E-state index in [9.17, 15) is 4.79 Å². The topological polar surface area (TPSA) is 53.5 Å². The predicted octanol–water partition coefficient (Wildman–Crippen LogP) is 3.96. The Labute approximate surface area is 149 Å². The third kappa shape index (κ3) is 3.90. The Morgan fingerprint density at radius 2 is 1.76 bits per heavy atom. The number of nitrogens with one attached hydrogen (secondary N) is 2. The second kappa shape index (κ2) is 7.51. The molecule has 2 N–H and O–H groups in total. The first-order valence-corrected chi connectivity index (χ1v) is 8.83. The van der Waals surface area contributed by atoms with Gasteiger partial charge in [0.15, 0.2) is 0 Å². The lowest BCUT2D eigenvalue weighted by atomic mass is 9.90. The first-order valence-electron chi connectivity index (χ1n) is 8.83. The maximum Gasteiger partial charge on any atom is 0.262 e. The second-order valence-electron chi connectivity index (χ2n) is 6.68. The Bertz CT molecular complexity index is 790. The fourth-order valence-electron chi connectivity index (χ4n) is 3.26. The van der Waals surface area contributed by atoms with Crippen molar-refractivity contribution in [2.75, 3.05) is 5.32 Å². The van der Waals surface area contributed by atoms with E-state index in [0.29, 0.717) is 0 Å². The smallest absolute Gasteiger partial charge is 0.262 e. The van der Waals surface area contributed by atoms with Crippen LogP contribution in [0.25, 0.3) is 0 Å². The van der Waals surface area contributed by atoms with E-state index in [0.717, 1.165) is 47.4 Å². The summed E-state index contributed by atoms with van der Waals surface area (Å²) in [5, 5.41) is 7.71. The number of hydrogen-bond acceptors (Lipinski definition) is 3. The van der Waals surface area contributed by atoms with E-state index in [2.05, 4.69) is 34.0 Å². The number of anilines is 1. The van der Waals surface area contributed by atoms with Gasteiger partial charge in [0.1, 0.15) is 6.04 Å². The fraction of sp³-hybridized carbons (Fsp3) is 0.333. The van der Waals surface area contributed by atoms with Crippen molar-refractivity contribution in [1.82, 2.24) is 5.43 Å². The molecule has 2 aromatic rings. The van der Waals surface area contributed by atoms with Crippen LogP contribution in [0.2, 0.25) is 0 Å². The molecule has 0 spiro atoms. The van der Waals surface area contributed by atoms with Gasteiger partial charge >= 0.3 is 0 Å². The van der Waals surface area contributed by atoms with Gasteiger partial charge in [-0.05, 0) is 56.7 Å². The van der Waals surface area contributed by atoms with Crippen molar-refractivity contribution < 1.29 is 4.79 Å². The molecule has 0 radical (unpaired) electrons. The number of fused-ring (bicyclic) bond motifs is 1. The molecule has 1 atom stereocenters. The van der Waals surface area contributed by atoms with Crippen LogP contribution in [-0.2, 0) is 11.2 Å². The predicted molar refractivity (Wildman–Crippen MR) is 103 cm³/mol. The molecule has 1 aliphatic carbocycles. The highest BCUT2D eigenvalue weighted by atomic mass is 16.2. The van der Waals surface area contributed by atoms with Gasteiger partial charge in [0, 0.05) is 11.3 Å². The molecule has 0 saturated heterocycles. The van der Waals surface area contributed by atoms with E-state index in [1.807, 2.05) is 45.0 Å². The highest BCUT2D eigenvalue weighted by Crippen LogP contribution is 2.22. The van der Waals surface area contributed by atoms with Crippen molar-refractivity contribution in [3.8, 4) is 0 Å². The van der Waals surface area contributed by atoms with E-state index in [1.54, 1.807) is 0 Å². The average molecular weight is 335 g/mol. The van der Waals surface area contributed by atoms with Crippen LogP contribution in [-0.4, -0.2) is 17.7 Å². The minimum absolute atomic E-state index is 0.127. The number of nitrogens with zero attached hydrogens (tertiary/aromatic N) is 1. The standard InChI is InChI=1S/C21H25N3O/c1-14-8-6-9-15(2)20(14)22-16(3)21(25)24-23-19-13-7-11-17-10-4-5-12-18(17)19/h4-6,8-10,12,16,22H,7,11,13H2,1-3H3,(H,24,25). The normalized spacial score (nSPS) is 16.2. The number of benzene rings is 2. The number of rotatable bonds is 4. The minimum Gasteiger partial charge on any atom is -0.373 e. The molecule has 0 fully saturated rings. The Hall–Kier alpha value is -2.62. The minimum atomic E-state index is -0.358. The molecule has 130 valence electrons. The Balaban J connectivity index is 1.69. The largest absolute Gasteiger partial charge is 0.373 e. The van der Waals surface area contributed by atoms with Crippen LogP contribution in [0.3, 0.4) is 0 Å². The quantitative estimate of drug-likeness (QED) is 0.831. The summed E-state index contributed by atoms with van der Waals surface area (Å²) in [6.45, 7) is 5.94. The third-order valence-electron chi connectivity index (χ3n) is 4.72. The molecule has 1 unspecified atom stereocenters. The van der Waals surface area contributed by atoms with Gasteiger partial charge in [0.25, 0.3) is 5.91 Å². The zero-order chi connectivity index (χ0) is 17.8. The summed E-state index contributed by atoms with van der Waals surface area (Å²) in [5.74, 6) is -0.127. The van der Waals surface area contributed by atoms with Gasteiger partial charge in [-0.15, -0.1) is 0 Å². The van der Waals surface area contributed by atoms with Crippen molar-refractivity contribution in [1.29, 1.82) is 0 Å². The summed E-state index contributed by atoms with van der Waals surface area (Å²) in [4.78, 5) is 12.4. The summed E-state index contributed by atoms with van der Waals surface area (Å²) < 4.78 is 0. The van der Waals surface area contributed by atoms with Crippen molar-refractivity contribution in [3.05, 3.63) is 64.7 Å². The van der Waals surface area contributed by atoms with Crippen molar-refractivity contribution >= 4 is 17.3 Å². The van der Waals surface area contributed by atoms with E-state index in [-0.39, 0.29) is 11.9 Å². The first-order chi connectivity index (χ1) is 12.1. The zero-order valence-corrected chi connectivity index (χ0v) is 15.1. The Kier molecular flexibility index (Phi) is 5.17. The van der Waals surface area contributed by atoms with Gasteiger partial charge in [-0.25, -0.2) is 5.43 Å².